The highest BCUT2D eigenvalue weighted by Gasteiger charge is 2.19. The first kappa shape index (κ1) is 15.5. The van der Waals surface area contributed by atoms with Gasteiger partial charge in [-0.3, -0.25) is 0 Å². The van der Waals surface area contributed by atoms with E-state index in [1.165, 1.54) is 58.3 Å². The zero-order valence-corrected chi connectivity index (χ0v) is 11.0. The summed E-state index contributed by atoms with van der Waals surface area (Å²) in [6.07, 6.45) is 7.19. The maximum absolute atomic E-state index is 3.44. The fraction of sp³-hybridized carbons (Fsp3) is 1.00. The van der Waals surface area contributed by atoms with Gasteiger partial charge in [0, 0.05) is 0 Å². The van der Waals surface area contributed by atoms with Crippen LogP contribution in [0, 0.1) is 11.8 Å². The van der Waals surface area contributed by atoms with E-state index in [4.69, 9.17) is 0 Å². The van der Waals surface area contributed by atoms with E-state index in [0.29, 0.717) is 0 Å². The van der Waals surface area contributed by atoms with Crippen molar-refractivity contribution in [1.82, 2.24) is 10.6 Å². The molecule has 0 saturated carbocycles. The number of rotatable bonds is 2. The fourth-order valence-corrected chi connectivity index (χ4v) is 2.71. The molecule has 0 aromatic rings. The standard InChI is InChI=1S/C11H22N2.2ClH/c1-5-12-6-2-10(1)9-11-3-7-13-8-4-11;;/h10-13H,1-9H2;2*1H. The summed E-state index contributed by atoms with van der Waals surface area (Å²) in [6, 6.07) is 0. The second kappa shape index (κ2) is 8.63. The topological polar surface area (TPSA) is 24.1 Å². The second-order valence-electron chi connectivity index (χ2n) is 4.62. The van der Waals surface area contributed by atoms with E-state index in [2.05, 4.69) is 10.6 Å². The first-order chi connectivity index (χ1) is 6.45. The molecule has 2 heterocycles. The van der Waals surface area contributed by atoms with E-state index in [1.807, 2.05) is 0 Å². The Bertz CT molecular complexity index is 128. The molecular formula is C11H24Cl2N2. The predicted molar refractivity (Wildman–Crippen MR) is 70.3 cm³/mol. The predicted octanol–water partition coefficient (Wildman–Crippen LogP) is 2.22. The molecule has 2 fully saturated rings. The van der Waals surface area contributed by atoms with Crippen LogP contribution >= 0.6 is 24.8 Å². The number of hydrogen-bond donors (Lipinski definition) is 2. The average molecular weight is 255 g/mol. The van der Waals surface area contributed by atoms with Gasteiger partial charge in [-0.15, -0.1) is 24.8 Å². The summed E-state index contributed by atoms with van der Waals surface area (Å²) in [4.78, 5) is 0. The van der Waals surface area contributed by atoms with Crippen molar-refractivity contribution in [2.75, 3.05) is 26.2 Å². The molecule has 0 aromatic heterocycles. The maximum atomic E-state index is 3.44. The average Bonchev–Trinajstić information content (AvgIpc) is 2.21. The van der Waals surface area contributed by atoms with Crippen LogP contribution in [0.2, 0.25) is 0 Å². The van der Waals surface area contributed by atoms with Gasteiger partial charge < -0.3 is 10.6 Å². The zero-order valence-electron chi connectivity index (χ0n) is 9.34. The molecule has 0 unspecified atom stereocenters. The Kier molecular flexibility index (Phi) is 8.92. The van der Waals surface area contributed by atoms with Gasteiger partial charge in [-0.05, 0) is 70.1 Å². The van der Waals surface area contributed by atoms with Crippen molar-refractivity contribution in [2.24, 2.45) is 11.8 Å². The largest absolute Gasteiger partial charge is 0.317 e. The van der Waals surface area contributed by atoms with Crippen LogP contribution < -0.4 is 10.6 Å². The molecule has 0 bridgehead atoms. The Hall–Kier alpha value is 0.500. The van der Waals surface area contributed by atoms with Crippen molar-refractivity contribution in [1.29, 1.82) is 0 Å². The monoisotopic (exact) mass is 254 g/mol. The maximum Gasteiger partial charge on any atom is -0.00463 e. The molecule has 2 saturated heterocycles. The normalized spacial score (nSPS) is 24.0. The molecule has 0 amide bonds. The van der Waals surface area contributed by atoms with Crippen molar-refractivity contribution in [3.8, 4) is 0 Å². The van der Waals surface area contributed by atoms with E-state index < -0.39 is 0 Å². The van der Waals surface area contributed by atoms with Gasteiger partial charge in [0.15, 0.2) is 0 Å². The summed E-state index contributed by atoms with van der Waals surface area (Å²) in [5, 5.41) is 6.88. The van der Waals surface area contributed by atoms with Crippen molar-refractivity contribution in [3.63, 3.8) is 0 Å². The molecule has 0 spiro atoms. The second-order valence-corrected chi connectivity index (χ2v) is 4.62. The van der Waals surface area contributed by atoms with Gasteiger partial charge in [0.25, 0.3) is 0 Å². The van der Waals surface area contributed by atoms with Gasteiger partial charge in [0.05, 0.1) is 0 Å². The van der Waals surface area contributed by atoms with Crippen LogP contribution in [0.3, 0.4) is 0 Å². The van der Waals surface area contributed by atoms with Crippen LogP contribution in [0.1, 0.15) is 32.1 Å². The first-order valence-electron chi connectivity index (χ1n) is 5.86. The lowest BCUT2D eigenvalue weighted by Gasteiger charge is -2.29. The lowest BCUT2D eigenvalue weighted by Crippen LogP contribution is -2.32. The van der Waals surface area contributed by atoms with Gasteiger partial charge in [-0.2, -0.15) is 0 Å². The molecule has 2 rings (SSSR count). The minimum atomic E-state index is 0. The highest BCUT2D eigenvalue weighted by atomic mass is 35.5. The Morgan fingerprint density at radius 3 is 1.33 bits per heavy atom. The minimum absolute atomic E-state index is 0. The third kappa shape index (κ3) is 5.39. The first-order valence-corrected chi connectivity index (χ1v) is 5.86. The zero-order chi connectivity index (χ0) is 8.93. The third-order valence-electron chi connectivity index (χ3n) is 3.58. The van der Waals surface area contributed by atoms with Gasteiger partial charge in [0.2, 0.25) is 0 Å². The Balaban J connectivity index is 0.000000980. The molecule has 2 nitrogen and oxygen atoms in total. The summed E-state index contributed by atoms with van der Waals surface area (Å²) in [5.74, 6) is 2.06. The van der Waals surface area contributed by atoms with E-state index in [9.17, 15) is 0 Å². The number of hydrogen-bond acceptors (Lipinski definition) is 2. The Morgan fingerprint density at radius 2 is 1.00 bits per heavy atom. The van der Waals surface area contributed by atoms with Crippen LogP contribution in [0.4, 0.5) is 0 Å². The highest BCUT2D eigenvalue weighted by Crippen LogP contribution is 2.26. The molecule has 2 aliphatic rings. The third-order valence-corrected chi connectivity index (χ3v) is 3.58. The number of piperidine rings is 2. The highest BCUT2D eigenvalue weighted by molar-refractivity contribution is 5.85. The van der Waals surface area contributed by atoms with Crippen molar-refractivity contribution in [2.45, 2.75) is 32.1 Å². The molecule has 4 heteroatoms. The summed E-state index contributed by atoms with van der Waals surface area (Å²) < 4.78 is 0. The van der Waals surface area contributed by atoms with Gasteiger partial charge in [-0.25, -0.2) is 0 Å². The molecular weight excluding hydrogens is 231 g/mol. The molecule has 92 valence electrons. The van der Waals surface area contributed by atoms with E-state index in [-0.39, 0.29) is 24.8 Å². The summed E-state index contributed by atoms with van der Waals surface area (Å²) >= 11 is 0. The van der Waals surface area contributed by atoms with Gasteiger partial charge >= 0.3 is 0 Å². The van der Waals surface area contributed by atoms with Crippen molar-refractivity contribution in [3.05, 3.63) is 0 Å². The van der Waals surface area contributed by atoms with Crippen molar-refractivity contribution < 1.29 is 0 Å². The molecule has 0 atom stereocenters. The summed E-state index contributed by atoms with van der Waals surface area (Å²) in [5.41, 5.74) is 0. The fourth-order valence-electron chi connectivity index (χ4n) is 2.71. The smallest absolute Gasteiger partial charge is 0.00463 e. The lowest BCUT2D eigenvalue weighted by molar-refractivity contribution is 0.259. The molecule has 0 radical (unpaired) electrons. The van der Waals surface area contributed by atoms with Crippen LogP contribution in [-0.2, 0) is 0 Å². The molecule has 15 heavy (non-hydrogen) atoms. The summed E-state index contributed by atoms with van der Waals surface area (Å²) in [7, 11) is 0. The van der Waals surface area contributed by atoms with E-state index >= 15 is 0 Å². The number of nitrogens with one attached hydrogen (secondary N) is 2. The van der Waals surface area contributed by atoms with E-state index in [0.717, 1.165) is 11.8 Å². The SMILES string of the molecule is C1CC(CC2CCNCC2)CCN1.Cl.Cl. The molecule has 0 aromatic carbocycles. The molecule has 0 aliphatic carbocycles. The van der Waals surface area contributed by atoms with Crippen LogP contribution in [0.25, 0.3) is 0 Å². The van der Waals surface area contributed by atoms with Crippen LogP contribution in [-0.4, -0.2) is 26.2 Å². The van der Waals surface area contributed by atoms with Crippen LogP contribution in [0.5, 0.6) is 0 Å². The summed E-state index contributed by atoms with van der Waals surface area (Å²) in [6.45, 7) is 5.04. The van der Waals surface area contributed by atoms with Gasteiger partial charge in [-0.1, -0.05) is 0 Å². The Morgan fingerprint density at radius 1 is 0.667 bits per heavy atom. The molecule has 2 aliphatic heterocycles. The number of halogens is 2. The van der Waals surface area contributed by atoms with Gasteiger partial charge in [0.1, 0.15) is 0 Å². The van der Waals surface area contributed by atoms with Crippen molar-refractivity contribution >= 4 is 24.8 Å². The molecule has 2 N–H and O–H groups in total. The van der Waals surface area contributed by atoms with Crippen LogP contribution in [0.15, 0.2) is 0 Å². The minimum Gasteiger partial charge on any atom is -0.317 e. The van der Waals surface area contributed by atoms with E-state index in [1.54, 1.807) is 0 Å². The lowest BCUT2D eigenvalue weighted by atomic mass is 9.83. The Labute approximate surface area is 106 Å². The quantitative estimate of drug-likeness (QED) is 0.790.